The number of benzene rings is 1. The van der Waals surface area contributed by atoms with E-state index in [2.05, 4.69) is 19.2 Å². The third-order valence-corrected chi connectivity index (χ3v) is 3.84. The van der Waals surface area contributed by atoms with E-state index in [4.69, 9.17) is 0 Å². The van der Waals surface area contributed by atoms with Crippen LogP contribution < -0.4 is 5.32 Å². The van der Waals surface area contributed by atoms with Gasteiger partial charge < -0.3 is 10.2 Å². The summed E-state index contributed by atoms with van der Waals surface area (Å²) in [5.41, 5.74) is 0.840. The van der Waals surface area contributed by atoms with Crippen LogP contribution in [0.3, 0.4) is 0 Å². The number of likely N-dealkylation sites (tertiary alicyclic amines) is 1. The predicted octanol–water partition coefficient (Wildman–Crippen LogP) is 1.87. The van der Waals surface area contributed by atoms with Crippen LogP contribution >= 0.6 is 0 Å². The van der Waals surface area contributed by atoms with E-state index in [-0.39, 0.29) is 17.9 Å². The van der Waals surface area contributed by atoms with Gasteiger partial charge in [0.1, 0.15) is 12.3 Å². The van der Waals surface area contributed by atoms with Gasteiger partial charge in [-0.3, -0.25) is 14.4 Å². The number of carbonyl (C=O) groups excluding carboxylic acids is 3. The molecule has 0 aromatic heterocycles. The van der Waals surface area contributed by atoms with Crippen LogP contribution in [0.1, 0.15) is 47.9 Å². The molecule has 5 heteroatoms. The monoisotopic (exact) mass is 302 g/mol. The normalized spacial score (nSPS) is 21.3. The molecule has 118 valence electrons. The number of hydrogen-bond donors (Lipinski definition) is 1. The van der Waals surface area contributed by atoms with Crippen molar-refractivity contribution in [1.29, 1.82) is 0 Å². The number of nitrogens with zero attached hydrogens (tertiary/aromatic N) is 1. The smallest absolute Gasteiger partial charge is 0.251 e. The molecule has 22 heavy (non-hydrogen) atoms. The SMILES string of the molecule is CC(C)CN1C(=O)C(NC(=O)c2cccc(C=O)c2)CC1C. The van der Waals surface area contributed by atoms with Crippen molar-refractivity contribution in [2.45, 2.75) is 39.3 Å². The van der Waals surface area contributed by atoms with E-state index < -0.39 is 6.04 Å². The standard InChI is InChI=1S/C17H22N2O3/c1-11(2)9-19-12(3)7-15(17(19)22)18-16(21)14-6-4-5-13(8-14)10-20/h4-6,8,10-12,15H,7,9H2,1-3H3,(H,18,21). The van der Waals surface area contributed by atoms with Crippen LogP contribution in [0.2, 0.25) is 0 Å². The van der Waals surface area contributed by atoms with Crippen LogP contribution in [0, 0.1) is 5.92 Å². The molecular weight excluding hydrogens is 280 g/mol. The van der Waals surface area contributed by atoms with Crippen molar-refractivity contribution in [2.75, 3.05) is 6.54 Å². The molecule has 5 nitrogen and oxygen atoms in total. The lowest BCUT2D eigenvalue weighted by molar-refractivity contribution is -0.130. The zero-order chi connectivity index (χ0) is 16.3. The van der Waals surface area contributed by atoms with Gasteiger partial charge in [-0.05, 0) is 31.4 Å². The second-order valence-electron chi connectivity index (χ2n) is 6.24. The highest BCUT2D eigenvalue weighted by Crippen LogP contribution is 2.20. The molecule has 2 amide bonds. The quantitative estimate of drug-likeness (QED) is 0.844. The summed E-state index contributed by atoms with van der Waals surface area (Å²) in [5, 5.41) is 2.78. The minimum Gasteiger partial charge on any atom is -0.340 e. The van der Waals surface area contributed by atoms with Gasteiger partial charge in [0.05, 0.1) is 0 Å². The van der Waals surface area contributed by atoms with Crippen LogP contribution in [0.25, 0.3) is 0 Å². The summed E-state index contributed by atoms with van der Waals surface area (Å²) in [7, 11) is 0. The molecule has 0 bridgehead atoms. The Morgan fingerprint density at radius 2 is 2.18 bits per heavy atom. The summed E-state index contributed by atoms with van der Waals surface area (Å²) in [6.45, 7) is 6.83. The number of amides is 2. The van der Waals surface area contributed by atoms with Gasteiger partial charge in [0.15, 0.2) is 0 Å². The lowest BCUT2D eigenvalue weighted by atomic mass is 10.1. The number of carbonyl (C=O) groups is 3. The highest BCUT2D eigenvalue weighted by atomic mass is 16.2. The number of hydrogen-bond acceptors (Lipinski definition) is 3. The van der Waals surface area contributed by atoms with Crippen molar-refractivity contribution in [3.8, 4) is 0 Å². The minimum absolute atomic E-state index is 0.0268. The molecule has 0 radical (unpaired) electrons. The van der Waals surface area contributed by atoms with E-state index in [1.54, 1.807) is 18.2 Å². The Hall–Kier alpha value is -2.17. The molecule has 1 aliphatic heterocycles. The van der Waals surface area contributed by atoms with Crippen LogP contribution in [0.15, 0.2) is 24.3 Å². The number of nitrogens with one attached hydrogen (secondary N) is 1. The topological polar surface area (TPSA) is 66.5 Å². The average molecular weight is 302 g/mol. The molecule has 1 N–H and O–H groups in total. The maximum absolute atomic E-state index is 12.4. The largest absolute Gasteiger partial charge is 0.340 e. The van der Waals surface area contributed by atoms with Gasteiger partial charge in [-0.25, -0.2) is 0 Å². The van der Waals surface area contributed by atoms with Gasteiger partial charge in [-0.2, -0.15) is 0 Å². The fourth-order valence-electron chi connectivity index (χ4n) is 2.77. The summed E-state index contributed by atoms with van der Waals surface area (Å²) in [6.07, 6.45) is 1.31. The number of aldehydes is 1. The van der Waals surface area contributed by atoms with E-state index in [0.29, 0.717) is 36.3 Å². The molecule has 1 aromatic carbocycles. The summed E-state index contributed by atoms with van der Waals surface area (Å²) in [6, 6.07) is 6.09. The van der Waals surface area contributed by atoms with Gasteiger partial charge in [-0.1, -0.05) is 26.0 Å². The molecule has 2 rings (SSSR count). The van der Waals surface area contributed by atoms with Crippen molar-refractivity contribution in [3.05, 3.63) is 35.4 Å². The van der Waals surface area contributed by atoms with E-state index in [0.717, 1.165) is 0 Å². The van der Waals surface area contributed by atoms with E-state index in [9.17, 15) is 14.4 Å². The third-order valence-electron chi connectivity index (χ3n) is 3.84. The Bertz CT molecular complexity index is 583. The van der Waals surface area contributed by atoms with E-state index in [1.165, 1.54) is 6.07 Å². The fraction of sp³-hybridized carbons (Fsp3) is 0.471. The van der Waals surface area contributed by atoms with E-state index in [1.807, 2.05) is 11.8 Å². The van der Waals surface area contributed by atoms with Crippen LogP contribution in [-0.2, 0) is 4.79 Å². The Balaban J connectivity index is 2.05. The summed E-state index contributed by atoms with van der Waals surface area (Å²) in [5.74, 6) is 0.0480. The first-order valence-corrected chi connectivity index (χ1v) is 7.59. The first-order chi connectivity index (χ1) is 10.4. The van der Waals surface area contributed by atoms with Gasteiger partial charge >= 0.3 is 0 Å². The van der Waals surface area contributed by atoms with Crippen molar-refractivity contribution in [2.24, 2.45) is 5.92 Å². The number of rotatable bonds is 5. The van der Waals surface area contributed by atoms with Crippen molar-refractivity contribution in [1.82, 2.24) is 10.2 Å². The minimum atomic E-state index is -0.485. The Kier molecular flexibility index (Phi) is 4.96. The van der Waals surface area contributed by atoms with Crippen LogP contribution in [-0.4, -0.2) is 41.6 Å². The van der Waals surface area contributed by atoms with Crippen molar-refractivity contribution < 1.29 is 14.4 Å². The Labute approximate surface area is 130 Å². The van der Waals surface area contributed by atoms with Gasteiger partial charge in [0.2, 0.25) is 5.91 Å². The molecule has 0 spiro atoms. The molecule has 2 atom stereocenters. The van der Waals surface area contributed by atoms with Crippen molar-refractivity contribution >= 4 is 18.1 Å². The lowest BCUT2D eigenvalue weighted by Gasteiger charge is -2.23. The molecule has 1 aromatic rings. The molecule has 2 unspecified atom stereocenters. The molecule has 0 aliphatic carbocycles. The lowest BCUT2D eigenvalue weighted by Crippen LogP contribution is -2.42. The summed E-state index contributed by atoms with van der Waals surface area (Å²) >= 11 is 0. The molecule has 1 heterocycles. The molecule has 1 fully saturated rings. The molecule has 0 saturated carbocycles. The summed E-state index contributed by atoms with van der Waals surface area (Å²) < 4.78 is 0. The second kappa shape index (κ2) is 6.73. The summed E-state index contributed by atoms with van der Waals surface area (Å²) in [4.78, 5) is 37.3. The molecule has 1 aliphatic rings. The van der Waals surface area contributed by atoms with Crippen LogP contribution in [0.4, 0.5) is 0 Å². The maximum Gasteiger partial charge on any atom is 0.251 e. The first kappa shape index (κ1) is 16.2. The fourth-order valence-corrected chi connectivity index (χ4v) is 2.77. The average Bonchev–Trinajstić information content (AvgIpc) is 2.74. The Morgan fingerprint density at radius 3 is 2.82 bits per heavy atom. The second-order valence-corrected chi connectivity index (χ2v) is 6.24. The third kappa shape index (κ3) is 3.53. The predicted molar refractivity (Wildman–Crippen MR) is 83.7 cm³/mol. The van der Waals surface area contributed by atoms with Crippen molar-refractivity contribution in [3.63, 3.8) is 0 Å². The van der Waals surface area contributed by atoms with Gasteiger partial charge in [-0.15, -0.1) is 0 Å². The molecule has 1 saturated heterocycles. The highest BCUT2D eigenvalue weighted by Gasteiger charge is 2.37. The maximum atomic E-state index is 12.4. The zero-order valence-electron chi connectivity index (χ0n) is 13.2. The van der Waals surface area contributed by atoms with Gasteiger partial charge in [0.25, 0.3) is 5.91 Å². The Morgan fingerprint density at radius 1 is 1.45 bits per heavy atom. The van der Waals surface area contributed by atoms with Gasteiger partial charge in [0, 0.05) is 23.7 Å². The van der Waals surface area contributed by atoms with E-state index >= 15 is 0 Å². The zero-order valence-corrected chi connectivity index (χ0v) is 13.2. The molecular formula is C17H22N2O3. The highest BCUT2D eigenvalue weighted by molar-refractivity contribution is 5.99. The van der Waals surface area contributed by atoms with Crippen LogP contribution in [0.5, 0.6) is 0 Å². The first-order valence-electron chi connectivity index (χ1n) is 7.59.